The lowest BCUT2D eigenvalue weighted by atomic mass is 10.1. The summed E-state index contributed by atoms with van der Waals surface area (Å²) in [5.41, 5.74) is 2.44. The van der Waals surface area contributed by atoms with Crippen LogP contribution in [0.3, 0.4) is 0 Å². The minimum absolute atomic E-state index is 0.882. The number of ether oxygens (including phenoxy) is 2. The highest BCUT2D eigenvalue weighted by Crippen LogP contribution is 2.14. The van der Waals surface area contributed by atoms with E-state index >= 15 is 0 Å². The van der Waals surface area contributed by atoms with Gasteiger partial charge in [0.1, 0.15) is 11.5 Å². The fourth-order valence-corrected chi connectivity index (χ4v) is 1.81. The summed E-state index contributed by atoms with van der Waals surface area (Å²) in [6, 6.07) is 16.1. The lowest BCUT2D eigenvalue weighted by Crippen LogP contribution is -1.84. The molecule has 0 fully saturated rings. The van der Waals surface area contributed by atoms with E-state index in [1.807, 2.05) is 36.4 Å². The number of rotatable bonds is 5. The molecule has 0 radical (unpaired) electrons. The summed E-state index contributed by atoms with van der Waals surface area (Å²) in [5.74, 6) is 1.77. The molecule has 2 nitrogen and oxygen atoms in total. The maximum absolute atomic E-state index is 5.13. The van der Waals surface area contributed by atoms with Gasteiger partial charge in [0.25, 0.3) is 0 Å². The molecule has 2 heteroatoms. The van der Waals surface area contributed by atoms with E-state index in [4.69, 9.17) is 9.47 Å². The third-order valence-corrected chi connectivity index (χ3v) is 2.94. The number of hydrogen-bond acceptors (Lipinski definition) is 2. The summed E-state index contributed by atoms with van der Waals surface area (Å²) >= 11 is 0. The van der Waals surface area contributed by atoms with Gasteiger partial charge in [0.2, 0.25) is 0 Å². The van der Waals surface area contributed by atoms with Crippen molar-refractivity contribution in [1.29, 1.82) is 0 Å². The Morgan fingerprint density at radius 3 is 1.84 bits per heavy atom. The van der Waals surface area contributed by atoms with Gasteiger partial charge in [0.15, 0.2) is 0 Å². The van der Waals surface area contributed by atoms with E-state index in [-0.39, 0.29) is 0 Å². The largest absolute Gasteiger partial charge is 0.497 e. The van der Waals surface area contributed by atoms with Crippen molar-refractivity contribution < 1.29 is 9.47 Å². The third kappa shape index (κ3) is 3.88. The normalized spacial score (nSPS) is 10.6. The molecule has 0 aliphatic heterocycles. The SMILES string of the molecule is COc1ccc(C=CCc2ccc(OC)cc2)cc1. The lowest BCUT2D eigenvalue weighted by molar-refractivity contribution is 0.414. The van der Waals surface area contributed by atoms with Crippen molar-refractivity contribution in [2.24, 2.45) is 0 Å². The average Bonchev–Trinajstić information content (AvgIpc) is 2.49. The van der Waals surface area contributed by atoms with Crippen LogP contribution >= 0.6 is 0 Å². The fraction of sp³-hybridized carbons (Fsp3) is 0.176. The van der Waals surface area contributed by atoms with Crippen LogP contribution < -0.4 is 9.47 Å². The van der Waals surface area contributed by atoms with Crippen LogP contribution in [0, 0.1) is 0 Å². The topological polar surface area (TPSA) is 18.5 Å². The maximum atomic E-state index is 5.13. The van der Waals surface area contributed by atoms with Gasteiger partial charge in [0, 0.05) is 0 Å². The van der Waals surface area contributed by atoms with Crippen molar-refractivity contribution in [3.63, 3.8) is 0 Å². The van der Waals surface area contributed by atoms with E-state index in [1.165, 1.54) is 11.1 Å². The minimum atomic E-state index is 0.882. The predicted molar refractivity (Wildman–Crippen MR) is 78.7 cm³/mol. The van der Waals surface area contributed by atoms with Gasteiger partial charge in [-0.25, -0.2) is 0 Å². The first-order valence-corrected chi connectivity index (χ1v) is 6.25. The molecule has 0 aliphatic carbocycles. The van der Waals surface area contributed by atoms with Crippen molar-refractivity contribution in [2.45, 2.75) is 6.42 Å². The molecule has 0 N–H and O–H groups in total. The third-order valence-electron chi connectivity index (χ3n) is 2.94. The van der Waals surface area contributed by atoms with E-state index in [0.29, 0.717) is 0 Å². The molecule has 0 aliphatic rings. The maximum Gasteiger partial charge on any atom is 0.118 e. The summed E-state index contributed by atoms with van der Waals surface area (Å²) in [6.45, 7) is 0. The predicted octanol–water partition coefficient (Wildman–Crippen LogP) is 3.96. The molecule has 0 heterocycles. The molecule has 0 atom stereocenters. The highest BCUT2D eigenvalue weighted by molar-refractivity contribution is 5.51. The van der Waals surface area contributed by atoms with Crippen molar-refractivity contribution >= 4 is 6.08 Å². The van der Waals surface area contributed by atoms with Gasteiger partial charge in [-0.3, -0.25) is 0 Å². The van der Waals surface area contributed by atoms with Crippen LogP contribution in [0.1, 0.15) is 11.1 Å². The van der Waals surface area contributed by atoms with Crippen LogP contribution in [0.25, 0.3) is 6.08 Å². The van der Waals surface area contributed by atoms with Crippen LogP contribution in [0.15, 0.2) is 54.6 Å². The quantitative estimate of drug-likeness (QED) is 0.804. The van der Waals surface area contributed by atoms with Crippen LogP contribution in [0.4, 0.5) is 0 Å². The van der Waals surface area contributed by atoms with Gasteiger partial charge < -0.3 is 9.47 Å². The van der Waals surface area contributed by atoms with E-state index < -0.39 is 0 Å². The van der Waals surface area contributed by atoms with E-state index in [0.717, 1.165) is 17.9 Å². The molecule has 98 valence electrons. The summed E-state index contributed by atoms with van der Waals surface area (Å²) < 4.78 is 10.3. The van der Waals surface area contributed by atoms with Gasteiger partial charge in [-0.2, -0.15) is 0 Å². The number of benzene rings is 2. The highest BCUT2D eigenvalue weighted by Gasteiger charge is 1.93. The second-order valence-corrected chi connectivity index (χ2v) is 4.23. The Bertz CT molecular complexity index is 524. The Balaban J connectivity index is 1.94. The van der Waals surface area contributed by atoms with Crippen molar-refractivity contribution in [1.82, 2.24) is 0 Å². The average molecular weight is 254 g/mol. The Morgan fingerprint density at radius 1 is 0.789 bits per heavy atom. The molecule has 0 aromatic heterocycles. The van der Waals surface area contributed by atoms with Gasteiger partial charge in [-0.15, -0.1) is 0 Å². The number of hydrogen-bond donors (Lipinski definition) is 0. The molecular formula is C17H18O2. The van der Waals surface area contributed by atoms with Crippen molar-refractivity contribution in [3.8, 4) is 11.5 Å². The Morgan fingerprint density at radius 2 is 1.32 bits per heavy atom. The summed E-state index contributed by atoms with van der Waals surface area (Å²) in [7, 11) is 3.35. The molecule has 0 unspecified atom stereocenters. The van der Waals surface area contributed by atoms with Gasteiger partial charge in [-0.05, 0) is 41.8 Å². The number of allylic oxidation sites excluding steroid dienone is 1. The van der Waals surface area contributed by atoms with Crippen molar-refractivity contribution in [3.05, 3.63) is 65.7 Å². The molecule has 2 aromatic rings. The summed E-state index contributed by atoms with van der Waals surface area (Å²) in [6.07, 6.45) is 5.18. The van der Waals surface area contributed by atoms with E-state index in [1.54, 1.807) is 14.2 Å². The summed E-state index contributed by atoms with van der Waals surface area (Å²) in [4.78, 5) is 0. The van der Waals surface area contributed by atoms with Crippen LogP contribution in [-0.2, 0) is 6.42 Å². The van der Waals surface area contributed by atoms with Crippen LogP contribution in [0.5, 0.6) is 11.5 Å². The molecule has 19 heavy (non-hydrogen) atoms. The van der Waals surface area contributed by atoms with Crippen molar-refractivity contribution in [2.75, 3.05) is 14.2 Å². The minimum Gasteiger partial charge on any atom is -0.497 e. The summed E-state index contributed by atoms with van der Waals surface area (Å²) in [5, 5.41) is 0. The molecule has 0 saturated carbocycles. The molecule has 0 saturated heterocycles. The first-order valence-electron chi connectivity index (χ1n) is 6.25. The molecule has 0 spiro atoms. The zero-order valence-electron chi connectivity index (χ0n) is 11.3. The standard InChI is InChI=1S/C17H18O2/c1-18-16-10-6-14(7-11-16)4-3-5-15-8-12-17(19-2)13-9-15/h3-4,6-13H,5H2,1-2H3. The van der Waals surface area contributed by atoms with Gasteiger partial charge >= 0.3 is 0 Å². The molecule has 0 amide bonds. The number of methoxy groups -OCH3 is 2. The Hall–Kier alpha value is -2.22. The van der Waals surface area contributed by atoms with E-state index in [2.05, 4.69) is 24.3 Å². The monoisotopic (exact) mass is 254 g/mol. The smallest absolute Gasteiger partial charge is 0.118 e. The molecule has 2 aromatic carbocycles. The first kappa shape index (κ1) is 13.2. The first-order chi connectivity index (χ1) is 9.31. The molecule has 0 bridgehead atoms. The highest BCUT2D eigenvalue weighted by atomic mass is 16.5. The zero-order valence-corrected chi connectivity index (χ0v) is 11.3. The van der Waals surface area contributed by atoms with Crippen LogP contribution in [0.2, 0.25) is 0 Å². The van der Waals surface area contributed by atoms with Crippen LogP contribution in [-0.4, -0.2) is 14.2 Å². The second-order valence-electron chi connectivity index (χ2n) is 4.23. The Kier molecular flexibility index (Phi) is 4.62. The second kappa shape index (κ2) is 6.64. The fourth-order valence-electron chi connectivity index (χ4n) is 1.81. The molecular weight excluding hydrogens is 236 g/mol. The zero-order chi connectivity index (χ0) is 13.5. The molecule has 2 rings (SSSR count). The Labute approximate surface area is 114 Å². The van der Waals surface area contributed by atoms with E-state index in [9.17, 15) is 0 Å². The lowest BCUT2D eigenvalue weighted by Gasteiger charge is -2.01. The van der Waals surface area contributed by atoms with Gasteiger partial charge in [0.05, 0.1) is 14.2 Å². The van der Waals surface area contributed by atoms with Gasteiger partial charge in [-0.1, -0.05) is 36.4 Å².